The molecule has 0 aromatic heterocycles. The Bertz CT molecular complexity index is 302. The van der Waals surface area contributed by atoms with E-state index >= 15 is 0 Å². The maximum Gasteiger partial charge on any atom is 0.165 e. The van der Waals surface area contributed by atoms with Crippen molar-refractivity contribution in [3.05, 3.63) is 29.6 Å². The van der Waals surface area contributed by atoms with E-state index in [0.717, 1.165) is 6.07 Å². The van der Waals surface area contributed by atoms with Crippen molar-refractivity contribution in [3.8, 4) is 5.75 Å². The Kier molecular flexibility index (Phi) is 2.85. The van der Waals surface area contributed by atoms with Gasteiger partial charge in [-0.15, -0.1) is 0 Å². The fourth-order valence-corrected chi connectivity index (χ4v) is 1.01. The molecule has 0 fully saturated rings. The summed E-state index contributed by atoms with van der Waals surface area (Å²) in [6.45, 7) is 1.52. The van der Waals surface area contributed by atoms with Crippen LogP contribution in [0, 0.1) is 5.82 Å². The van der Waals surface area contributed by atoms with Crippen LogP contribution in [0.3, 0.4) is 0 Å². The molecule has 0 unspecified atom stereocenters. The topological polar surface area (TPSA) is 66.5 Å². The first-order valence-corrected chi connectivity index (χ1v) is 3.94. The number of hydrogen-bond donors (Lipinski definition) is 3. The van der Waals surface area contributed by atoms with Gasteiger partial charge in [0.1, 0.15) is 0 Å². The Morgan fingerprint density at radius 2 is 2.08 bits per heavy atom. The zero-order valence-corrected chi connectivity index (χ0v) is 7.24. The average Bonchev–Trinajstić information content (AvgIpc) is 2.08. The van der Waals surface area contributed by atoms with Gasteiger partial charge in [-0.25, -0.2) is 4.39 Å². The number of hydrogen-bond acceptors (Lipinski definition) is 3. The van der Waals surface area contributed by atoms with E-state index in [1.54, 1.807) is 0 Å². The molecule has 0 heterocycles. The number of halogens is 1. The van der Waals surface area contributed by atoms with Crippen LogP contribution >= 0.6 is 0 Å². The van der Waals surface area contributed by atoms with Crippen LogP contribution in [-0.4, -0.2) is 16.3 Å². The second-order valence-electron chi connectivity index (χ2n) is 2.98. The molecule has 0 aliphatic heterocycles. The quantitative estimate of drug-likeness (QED) is 0.641. The van der Waals surface area contributed by atoms with Crippen LogP contribution in [0.1, 0.15) is 18.5 Å². The van der Waals surface area contributed by atoms with Crippen LogP contribution in [0.15, 0.2) is 18.2 Å². The fraction of sp³-hybridized carbons (Fsp3) is 0.333. The summed E-state index contributed by atoms with van der Waals surface area (Å²) in [5, 5.41) is 18.0. The molecule has 0 radical (unpaired) electrons. The molecule has 2 atom stereocenters. The largest absolute Gasteiger partial charge is 0.505 e. The Labute approximate surface area is 75.6 Å². The maximum absolute atomic E-state index is 12.8. The summed E-state index contributed by atoms with van der Waals surface area (Å²) >= 11 is 0. The lowest BCUT2D eigenvalue weighted by Gasteiger charge is -2.14. The van der Waals surface area contributed by atoms with E-state index in [9.17, 15) is 4.39 Å². The minimum absolute atomic E-state index is 0.415. The van der Waals surface area contributed by atoms with Gasteiger partial charge in [-0.3, -0.25) is 0 Å². The van der Waals surface area contributed by atoms with Crippen molar-refractivity contribution in [2.24, 2.45) is 5.73 Å². The first kappa shape index (κ1) is 9.95. The average molecular weight is 185 g/mol. The Morgan fingerprint density at radius 3 is 2.54 bits per heavy atom. The number of phenolic OH excluding ortho intramolecular Hbond substituents is 1. The van der Waals surface area contributed by atoms with Crippen LogP contribution in [-0.2, 0) is 0 Å². The lowest BCUT2D eigenvalue weighted by molar-refractivity contribution is 0.164. The van der Waals surface area contributed by atoms with Gasteiger partial charge in [0.2, 0.25) is 0 Å². The van der Waals surface area contributed by atoms with E-state index in [2.05, 4.69) is 0 Å². The standard InChI is InChI=1S/C9H12FNO2/c1-5(12)9(11)6-2-3-8(13)7(10)4-6/h2-5,9,12-13H,11H2,1H3/t5-,9-/m0/s1. The van der Waals surface area contributed by atoms with Crippen molar-refractivity contribution in [2.75, 3.05) is 0 Å². The van der Waals surface area contributed by atoms with Gasteiger partial charge in [-0.05, 0) is 24.6 Å². The van der Waals surface area contributed by atoms with Crippen molar-refractivity contribution in [2.45, 2.75) is 19.1 Å². The first-order chi connectivity index (χ1) is 6.02. The van der Waals surface area contributed by atoms with Crippen molar-refractivity contribution in [1.29, 1.82) is 0 Å². The molecule has 0 bridgehead atoms. The molecule has 0 saturated heterocycles. The third kappa shape index (κ3) is 2.17. The summed E-state index contributed by atoms with van der Waals surface area (Å²) in [5.41, 5.74) is 6.02. The highest BCUT2D eigenvalue weighted by Crippen LogP contribution is 2.21. The molecule has 72 valence electrons. The minimum atomic E-state index is -0.746. The number of benzene rings is 1. The van der Waals surface area contributed by atoms with E-state index in [1.165, 1.54) is 19.1 Å². The van der Waals surface area contributed by atoms with E-state index < -0.39 is 23.7 Å². The normalized spacial score (nSPS) is 15.4. The number of rotatable bonds is 2. The SMILES string of the molecule is C[C@H](O)[C@H](N)c1ccc(O)c(F)c1. The number of phenols is 1. The van der Waals surface area contributed by atoms with Crippen molar-refractivity contribution < 1.29 is 14.6 Å². The highest BCUT2D eigenvalue weighted by atomic mass is 19.1. The Hall–Kier alpha value is -1.13. The van der Waals surface area contributed by atoms with Crippen molar-refractivity contribution in [1.82, 2.24) is 0 Å². The minimum Gasteiger partial charge on any atom is -0.505 e. The summed E-state index contributed by atoms with van der Waals surface area (Å²) < 4.78 is 12.8. The van der Waals surface area contributed by atoms with Gasteiger partial charge in [0.05, 0.1) is 12.1 Å². The molecule has 0 saturated carbocycles. The number of aromatic hydroxyl groups is 1. The van der Waals surface area contributed by atoms with Gasteiger partial charge in [0.15, 0.2) is 11.6 Å². The van der Waals surface area contributed by atoms with Crippen molar-refractivity contribution in [3.63, 3.8) is 0 Å². The number of aliphatic hydroxyl groups is 1. The summed E-state index contributed by atoms with van der Waals surface area (Å²) in [6, 6.07) is 3.19. The number of aliphatic hydroxyl groups excluding tert-OH is 1. The van der Waals surface area contributed by atoms with Crippen LogP contribution < -0.4 is 5.73 Å². The molecule has 4 heteroatoms. The zero-order chi connectivity index (χ0) is 10.0. The second-order valence-corrected chi connectivity index (χ2v) is 2.98. The summed E-state index contributed by atoms with van der Waals surface area (Å²) in [7, 11) is 0. The molecule has 4 N–H and O–H groups in total. The molecular formula is C9H12FNO2. The van der Waals surface area contributed by atoms with Crippen LogP contribution in [0.4, 0.5) is 4.39 Å². The highest BCUT2D eigenvalue weighted by Gasteiger charge is 2.13. The molecule has 1 rings (SSSR count). The third-order valence-corrected chi connectivity index (χ3v) is 1.88. The summed E-state index contributed by atoms with van der Waals surface area (Å²) in [6.07, 6.45) is -0.746. The van der Waals surface area contributed by atoms with Gasteiger partial charge >= 0.3 is 0 Å². The highest BCUT2D eigenvalue weighted by molar-refractivity contribution is 5.30. The Morgan fingerprint density at radius 1 is 1.46 bits per heavy atom. The van der Waals surface area contributed by atoms with E-state index in [0.29, 0.717) is 5.56 Å². The molecule has 0 amide bonds. The van der Waals surface area contributed by atoms with E-state index in [4.69, 9.17) is 15.9 Å². The van der Waals surface area contributed by atoms with Crippen molar-refractivity contribution >= 4 is 0 Å². The molecular weight excluding hydrogens is 173 g/mol. The van der Waals surface area contributed by atoms with Crippen LogP contribution in [0.25, 0.3) is 0 Å². The molecule has 1 aromatic carbocycles. The number of nitrogens with two attached hydrogens (primary N) is 1. The summed E-state index contributed by atoms with van der Waals surface area (Å²) in [4.78, 5) is 0. The molecule has 3 nitrogen and oxygen atoms in total. The second kappa shape index (κ2) is 3.72. The zero-order valence-electron chi connectivity index (χ0n) is 7.24. The molecule has 0 aliphatic carbocycles. The van der Waals surface area contributed by atoms with Crippen LogP contribution in [0.5, 0.6) is 5.75 Å². The predicted octanol–water partition coefficient (Wildman–Crippen LogP) is 0.912. The van der Waals surface area contributed by atoms with Gasteiger partial charge in [-0.1, -0.05) is 6.07 Å². The smallest absolute Gasteiger partial charge is 0.165 e. The molecule has 13 heavy (non-hydrogen) atoms. The fourth-order valence-electron chi connectivity index (χ4n) is 1.01. The van der Waals surface area contributed by atoms with E-state index in [-0.39, 0.29) is 0 Å². The lowest BCUT2D eigenvalue weighted by atomic mass is 10.0. The lowest BCUT2D eigenvalue weighted by Crippen LogP contribution is -2.23. The first-order valence-electron chi connectivity index (χ1n) is 3.94. The van der Waals surface area contributed by atoms with E-state index in [1.807, 2.05) is 0 Å². The Balaban J connectivity index is 2.97. The van der Waals surface area contributed by atoms with Gasteiger partial charge in [-0.2, -0.15) is 0 Å². The predicted molar refractivity (Wildman–Crippen MR) is 46.7 cm³/mol. The molecule has 0 spiro atoms. The monoisotopic (exact) mass is 185 g/mol. The maximum atomic E-state index is 12.8. The third-order valence-electron chi connectivity index (χ3n) is 1.88. The van der Waals surface area contributed by atoms with Crippen LogP contribution in [0.2, 0.25) is 0 Å². The van der Waals surface area contributed by atoms with Gasteiger partial charge in [0, 0.05) is 0 Å². The van der Waals surface area contributed by atoms with Gasteiger partial charge in [0.25, 0.3) is 0 Å². The van der Waals surface area contributed by atoms with Gasteiger partial charge < -0.3 is 15.9 Å². The molecule has 1 aromatic rings. The summed E-state index contributed by atoms with van der Waals surface area (Å²) in [5.74, 6) is -1.14. The molecule has 0 aliphatic rings.